The number of allylic oxidation sites excluding steroid dienone is 4. The molecule has 0 aliphatic heterocycles. The summed E-state index contributed by atoms with van der Waals surface area (Å²) in [6, 6.07) is 0. The van der Waals surface area contributed by atoms with Crippen LogP contribution in [0, 0.1) is 11.3 Å². The van der Waals surface area contributed by atoms with Crippen molar-refractivity contribution in [3.8, 4) is 0 Å². The Morgan fingerprint density at radius 2 is 1.91 bits per heavy atom. The summed E-state index contributed by atoms with van der Waals surface area (Å²) in [7, 11) is 0. The molecule has 23 heavy (non-hydrogen) atoms. The van der Waals surface area contributed by atoms with Gasteiger partial charge in [0, 0.05) is 6.42 Å². The number of carbonyl (C=O) groups excluding carboxylic acids is 2. The molecule has 0 amide bonds. The van der Waals surface area contributed by atoms with Crippen LogP contribution in [0.15, 0.2) is 23.3 Å². The van der Waals surface area contributed by atoms with Gasteiger partial charge in [0.15, 0.2) is 5.78 Å². The van der Waals surface area contributed by atoms with Crippen LogP contribution >= 0.6 is 0 Å². The first kappa shape index (κ1) is 21.6. The van der Waals surface area contributed by atoms with E-state index in [1.807, 2.05) is 26.8 Å². The molecule has 0 unspecified atom stereocenters. The fourth-order valence-corrected chi connectivity index (χ4v) is 2.76. The Kier molecular flexibility index (Phi) is 9.78. The lowest BCUT2D eigenvalue weighted by molar-refractivity contribution is -0.143. The van der Waals surface area contributed by atoms with Crippen LogP contribution in [0.25, 0.3) is 0 Å². The largest absolute Gasteiger partial charge is 0.466 e. The van der Waals surface area contributed by atoms with Gasteiger partial charge in [0.1, 0.15) is 0 Å². The van der Waals surface area contributed by atoms with Crippen molar-refractivity contribution in [2.45, 2.75) is 74.1 Å². The van der Waals surface area contributed by atoms with Gasteiger partial charge in [-0.05, 0) is 63.0 Å². The van der Waals surface area contributed by atoms with E-state index in [2.05, 4.69) is 20.8 Å². The van der Waals surface area contributed by atoms with Crippen molar-refractivity contribution in [1.82, 2.24) is 0 Å². The summed E-state index contributed by atoms with van der Waals surface area (Å²) < 4.78 is 4.71. The lowest BCUT2D eigenvalue weighted by Gasteiger charge is -2.32. The highest BCUT2D eigenvalue weighted by molar-refractivity contribution is 5.87. The molecule has 0 heterocycles. The standard InChI is InChI=1S/C13H20O.C7H14O2/c1-10-6-5-9-13(3,4)12(10)8-7-11(2)14;1-4-9-7(8)5-6(2)3/h7-8H,5-6,9H2,1-4H3;6H,4-5H2,1-3H3/b8-7+;. The van der Waals surface area contributed by atoms with Crippen LogP contribution in [0.3, 0.4) is 0 Å². The van der Waals surface area contributed by atoms with E-state index in [9.17, 15) is 9.59 Å². The number of hydrogen-bond donors (Lipinski definition) is 0. The van der Waals surface area contributed by atoms with Gasteiger partial charge < -0.3 is 4.74 Å². The predicted molar refractivity (Wildman–Crippen MR) is 96.2 cm³/mol. The molecule has 0 fully saturated rings. The number of ketones is 1. The summed E-state index contributed by atoms with van der Waals surface area (Å²) in [6.45, 7) is 14.6. The second kappa shape index (κ2) is 10.4. The van der Waals surface area contributed by atoms with Crippen molar-refractivity contribution in [2.24, 2.45) is 11.3 Å². The second-order valence-electron chi connectivity index (χ2n) is 7.28. The van der Waals surface area contributed by atoms with Crippen LogP contribution in [0.5, 0.6) is 0 Å². The molecule has 0 radical (unpaired) electrons. The molecule has 3 nitrogen and oxygen atoms in total. The summed E-state index contributed by atoms with van der Waals surface area (Å²) in [6.07, 6.45) is 7.91. The molecule has 0 aromatic heterocycles. The minimum absolute atomic E-state index is 0.0903. The first-order chi connectivity index (χ1) is 10.6. The average molecular weight is 322 g/mol. The van der Waals surface area contributed by atoms with Crippen molar-refractivity contribution >= 4 is 11.8 Å². The number of rotatable bonds is 5. The van der Waals surface area contributed by atoms with Crippen LogP contribution < -0.4 is 0 Å². The highest BCUT2D eigenvalue weighted by atomic mass is 16.5. The summed E-state index contributed by atoms with van der Waals surface area (Å²) in [5.74, 6) is 0.447. The van der Waals surface area contributed by atoms with Crippen molar-refractivity contribution in [2.75, 3.05) is 6.61 Å². The summed E-state index contributed by atoms with van der Waals surface area (Å²) >= 11 is 0. The second-order valence-corrected chi connectivity index (χ2v) is 7.28. The lowest BCUT2D eigenvalue weighted by atomic mass is 9.72. The molecule has 0 saturated heterocycles. The van der Waals surface area contributed by atoms with E-state index in [4.69, 9.17) is 4.74 Å². The lowest BCUT2D eigenvalue weighted by Crippen LogP contribution is -2.19. The molecule has 1 rings (SSSR count). The third kappa shape index (κ3) is 9.37. The molecule has 1 aliphatic carbocycles. The van der Waals surface area contributed by atoms with Crippen LogP contribution in [-0.2, 0) is 14.3 Å². The number of hydrogen-bond acceptors (Lipinski definition) is 3. The van der Waals surface area contributed by atoms with Crippen LogP contribution in [0.4, 0.5) is 0 Å². The minimum atomic E-state index is -0.0903. The fourth-order valence-electron chi connectivity index (χ4n) is 2.76. The Morgan fingerprint density at radius 1 is 1.30 bits per heavy atom. The minimum Gasteiger partial charge on any atom is -0.466 e. The van der Waals surface area contributed by atoms with E-state index in [0.29, 0.717) is 18.9 Å². The maximum Gasteiger partial charge on any atom is 0.306 e. The van der Waals surface area contributed by atoms with Crippen molar-refractivity contribution < 1.29 is 14.3 Å². The van der Waals surface area contributed by atoms with Gasteiger partial charge in [0.2, 0.25) is 0 Å². The molecule has 0 aromatic carbocycles. The molecule has 0 N–H and O–H groups in total. The highest BCUT2D eigenvalue weighted by Gasteiger charge is 2.26. The van der Waals surface area contributed by atoms with Gasteiger partial charge in [-0.3, -0.25) is 9.59 Å². The van der Waals surface area contributed by atoms with Gasteiger partial charge in [-0.1, -0.05) is 39.3 Å². The quantitative estimate of drug-likeness (QED) is 0.512. The van der Waals surface area contributed by atoms with Gasteiger partial charge in [-0.15, -0.1) is 0 Å². The molecule has 0 atom stereocenters. The Labute approximate surface area is 142 Å². The van der Waals surface area contributed by atoms with Gasteiger partial charge in [0.05, 0.1) is 6.61 Å². The Hall–Kier alpha value is -1.38. The number of ether oxygens (including phenoxy) is 1. The maximum absolute atomic E-state index is 10.9. The van der Waals surface area contributed by atoms with Gasteiger partial charge in [-0.2, -0.15) is 0 Å². The average Bonchev–Trinajstić information content (AvgIpc) is 2.37. The molecule has 3 heteroatoms. The topological polar surface area (TPSA) is 43.4 Å². The molecular weight excluding hydrogens is 288 g/mol. The van der Waals surface area contributed by atoms with E-state index < -0.39 is 0 Å². The van der Waals surface area contributed by atoms with Crippen molar-refractivity contribution in [3.63, 3.8) is 0 Å². The van der Waals surface area contributed by atoms with Crippen LogP contribution in [-0.4, -0.2) is 18.4 Å². The van der Waals surface area contributed by atoms with Crippen molar-refractivity contribution in [3.05, 3.63) is 23.3 Å². The predicted octanol–water partition coefficient (Wildman–Crippen LogP) is 5.25. The van der Waals surface area contributed by atoms with Crippen LogP contribution in [0.1, 0.15) is 74.1 Å². The van der Waals surface area contributed by atoms with E-state index in [1.54, 1.807) is 13.0 Å². The first-order valence-electron chi connectivity index (χ1n) is 8.64. The Bertz CT molecular complexity index is 454. The summed E-state index contributed by atoms with van der Waals surface area (Å²) in [5, 5.41) is 0. The zero-order valence-electron chi connectivity index (χ0n) is 16.0. The molecule has 0 spiro atoms. The molecular formula is C20H34O3. The van der Waals surface area contributed by atoms with E-state index in [0.717, 1.165) is 0 Å². The Balaban J connectivity index is 0.000000468. The zero-order valence-corrected chi connectivity index (χ0v) is 16.0. The smallest absolute Gasteiger partial charge is 0.306 e. The normalized spacial score (nSPS) is 17.0. The molecule has 132 valence electrons. The molecule has 1 aliphatic rings. The number of esters is 1. The van der Waals surface area contributed by atoms with E-state index in [1.165, 1.54) is 30.4 Å². The Morgan fingerprint density at radius 3 is 2.35 bits per heavy atom. The summed E-state index contributed by atoms with van der Waals surface area (Å²) in [4.78, 5) is 21.5. The molecule has 0 saturated carbocycles. The SMILES string of the molecule is CC(=O)/C=C/C1=C(C)CCCC1(C)C.CCOC(=O)CC(C)C. The van der Waals surface area contributed by atoms with E-state index >= 15 is 0 Å². The zero-order chi connectivity index (χ0) is 18.0. The van der Waals surface area contributed by atoms with Crippen molar-refractivity contribution in [1.29, 1.82) is 0 Å². The molecule has 0 aromatic rings. The number of carbonyl (C=O) groups is 2. The monoisotopic (exact) mass is 322 g/mol. The van der Waals surface area contributed by atoms with Gasteiger partial charge in [-0.25, -0.2) is 0 Å². The first-order valence-corrected chi connectivity index (χ1v) is 8.64. The fraction of sp³-hybridized carbons (Fsp3) is 0.700. The maximum atomic E-state index is 10.9. The third-order valence-electron chi connectivity index (χ3n) is 3.91. The summed E-state index contributed by atoms with van der Waals surface area (Å²) in [5.41, 5.74) is 3.05. The van der Waals surface area contributed by atoms with Gasteiger partial charge in [0.25, 0.3) is 0 Å². The van der Waals surface area contributed by atoms with E-state index in [-0.39, 0.29) is 17.2 Å². The molecule has 0 bridgehead atoms. The van der Waals surface area contributed by atoms with Crippen LogP contribution in [0.2, 0.25) is 0 Å². The van der Waals surface area contributed by atoms with Gasteiger partial charge >= 0.3 is 5.97 Å². The highest BCUT2D eigenvalue weighted by Crippen LogP contribution is 2.40. The third-order valence-corrected chi connectivity index (χ3v) is 3.91.